The molecule has 1 aliphatic rings. The van der Waals surface area contributed by atoms with Gasteiger partial charge in [-0.3, -0.25) is 19.6 Å². The molecule has 2 amide bonds. The maximum absolute atomic E-state index is 12.7. The Hall–Kier alpha value is -3.19. The standard InChI is InChI=1S/C21H22N4O3/c26-13-16(10-14-6-2-1-3-7-14)22-21(28)15-11-19(27)25(12-15)20-17-8-4-5-9-18(17)23-24-20/h1-9,15-16,26H,10-13H2,(H,22,28)(H,23,24)/t15-,16+/m0/s1. The average molecular weight is 378 g/mol. The average Bonchev–Trinajstić information content (AvgIpc) is 3.31. The molecule has 2 atom stereocenters. The first-order valence-electron chi connectivity index (χ1n) is 9.34. The van der Waals surface area contributed by atoms with E-state index in [2.05, 4.69) is 15.5 Å². The van der Waals surface area contributed by atoms with E-state index in [0.29, 0.717) is 12.2 Å². The number of para-hydroxylation sites is 1. The van der Waals surface area contributed by atoms with Gasteiger partial charge in [0.1, 0.15) is 0 Å². The van der Waals surface area contributed by atoms with Crippen molar-refractivity contribution in [1.82, 2.24) is 15.5 Å². The maximum atomic E-state index is 12.7. The molecule has 7 nitrogen and oxygen atoms in total. The molecule has 2 aromatic carbocycles. The first kappa shape index (κ1) is 18.2. The van der Waals surface area contributed by atoms with E-state index in [-0.39, 0.29) is 37.4 Å². The lowest BCUT2D eigenvalue weighted by Gasteiger charge is -2.19. The molecule has 0 spiro atoms. The number of nitrogens with one attached hydrogen (secondary N) is 2. The van der Waals surface area contributed by atoms with Crippen LogP contribution in [0.4, 0.5) is 5.82 Å². The summed E-state index contributed by atoms with van der Waals surface area (Å²) in [6.45, 7) is 0.123. The van der Waals surface area contributed by atoms with Crippen molar-refractivity contribution in [2.45, 2.75) is 18.9 Å². The van der Waals surface area contributed by atoms with Crippen molar-refractivity contribution < 1.29 is 14.7 Å². The number of benzene rings is 2. The van der Waals surface area contributed by atoms with Gasteiger partial charge in [0.15, 0.2) is 5.82 Å². The normalized spacial score (nSPS) is 17.8. The Morgan fingerprint density at radius 1 is 1.21 bits per heavy atom. The van der Waals surface area contributed by atoms with Crippen molar-refractivity contribution in [2.75, 3.05) is 18.1 Å². The molecule has 1 aliphatic heterocycles. The number of fused-ring (bicyclic) bond motifs is 1. The molecular weight excluding hydrogens is 356 g/mol. The van der Waals surface area contributed by atoms with Crippen LogP contribution < -0.4 is 10.2 Å². The number of amides is 2. The Bertz CT molecular complexity index is 985. The van der Waals surface area contributed by atoms with Gasteiger partial charge in [0.2, 0.25) is 11.8 Å². The summed E-state index contributed by atoms with van der Waals surface area (Å²) < 4.78 is 0. The van der Waals surface area contributed by atoms with Gasteiger partial charge in [-0.15, -0.1) is 0 Å². The second-order valence-electron chi connectivity index (χ2n) is 7.08. The number of nitrogens with zero attached hydrogens (tertiary/aromatic N) is 2. The first-order chi connectivity index (χ1) is 13.7. The molecule has 0 bridgehead atoms. The fourth-order valence-corrected chi connectivity index (χ4v) is 3.62. The van der Waals surface area contributed by atoms with Gasteiger partial charge < -0.3 is 10.4 Å². The quantitative estimate of drug-likeness (QED) is 0.607. The van der Waals surface area contributed by atoms with E-state index in [0.717, 1.165) is 16.5 Å². The number of aromatic amines is 1. The molecule has 1 saturated heterocycles. The molecule has 28 heavy (non-hydrogen) atoms. The summed E-state index contributed by atoms with van der Waals surface area (Å²) in [5, 5.41) is 20.6. The van der Waals surface area contributed by atoms with Crippen LogP contribution in [0.25, 0.3) is 10.9 Å². The second-order valence-corrected chi connectivity index (χ2v) is 7.08. The number of H-pyrrole nitrogens is 1. The molecule has 1 fully saturated rings. The third-order valence-corrected chi connectivity index (χ3v) is 5.09. The number of aromatic nitrogens is 2. The Balaban J connectivity index is 1.43. The summed E-state index contributed by atoms with van der Waals surface area (Å²) in [6, 6.07) is 16.9. The minimum atomic E-state index is -0.465. The number of hydrogen-bond acceptors (Lipinski definition) is 4. The first-order valence-corrected chi connectivity index (χ1v) is 9.34. The van der Waals surface area contributed by atoms with Crippen molar-refractivity contribution in [3.8, 4) is 0 Å². The Kier molecular flexibility index (Phi) is 5.08. The number of rotatable bonds is 6. The highest BCUT2D eigenvalue weighted by atomic mass is 16.3. The molecule has 1 aromatic heterocycles. The van der Waals surface area contributed by atoms with Gasteiger partial charge in [-0.2, -0.15) is 5.10 Å². The highest BCUT2D eigenvalue weighted by Crippen LogP contribution is 2.29. The molecule has 3 N–H and O–H groups in total. The van der Waals surface area contributed by atoms with E-state index in [1.807, 2.05) is 54.6 Å². The molecule has 4 rings (SSSR count). The predicted molar refractivity (Wildman–Crippen MR) is 106 cm³/mol. The van der Waals surface area contributed by atoms with Gasteiger partial charge in [-0.05, 0) is 24.1 Å². The van der Waals surface area contributed by atoms with E-state index in [4.69, 9.17) is 0 Å². The number of hydrogen-bond donors (Lipinski definition) is 3. The number of aliphatic hydroxyl groups excluding tert-OH is 1. The van der Waals surface area contributed by atoms with Gasteiger partial charge in [0.25, 0.3) is 0 Å². The molecule has 7 heteroatoms. The van der Waals surface area contributed by atoms with Crippen LogP contribution in [0, 0.1) is 5.92 Å². The van der Waals surface area contributed by atoms with E-state index in [1.165, 1.54) is 0 Å². The lowest BCUT2D eigenvalue weighted by Crippen LogP contribution is -2.43. The Labute approximate surface area is 162 Å². The second kappa shape index (κ2) is 7.82. The molecule has 0 saturated carbocycles. The van der Waals surface area contributed by atoms with Crippen LogP contribution in [0.1, 0.15) is 12.0 Å². The van der Waals surface area contributed by atoms with E-state index < -0.39 is 5.92 Å². The van der Waals surface area contributed by atoms with Gasteiger partial charge >= 0.3 is 0 Å². The van der Waals surface area contributed by atoms with Crippen LogP contribution in [0.5, 0.6) is 0 Å². The Morgan fingerprint density at radius 3 is 2.75 bits per heavy atom. The summed E-state index contributed by atoms with van der Waals surface area (Å²) in [4.78, 5) is 26.8. The fraction of sp³-hybridized carbons (Fsp3) is 0.286. The molecule has 2 heterocycles. The molecule has 3 aromatic rings. The number of anilines is 1. The van der Waals surface area contributed by atoms with Crippen LogP contribution in [-0.2, 0) is 16.0 Å². The molecule has 0 unspecified atom stereocenters. The number of aliphatic hydroxyl groups is 1. The topological polar surface area (TPSA) is 98.3 Å². The van der Waals surface area contributed by atoms with Gasteiger partial charge in [-0.25, -0.2) is 0 Å². The minimum Gasteiger partial charge on any atom is -0.394 e. The number of carbonyl (C=O) groups excluding carboxylic acids is 2. The summed E-state index contributed by atoms with van der Waals surface area (Å²) in [5.41, 5.74) is 1.88. The third-order valence-electron chi connectivity index (χ3n) is 5.09. The highest BCUT2D eigenvalue weighted by molar-refractivity contribution is 6.05. The fourth-order valence-electron chi connectivity index (χ4n) is 3.62. The lowest BCUT2D eigenvalue weighted by atomic mass is 10.0. The Morgan fingerprint density at radius 2 is 1.96 bits per heavy atom. The third kappa shape index (κ3) is 3.61. The van der Waals surface area contributed by atoms with Gasteiger partial charge in [-0.1, -0.05) is 42.5 Å². The van der Waals surface area contributed by atoms with Crippen LogP contribution in [-0.4, -0.2) is 46.3 Å². The summed E-state index contributed by atoms with van der Waals surface area (Å²) in [7, 11) is 0. The van der Waals surface area contributed by atoms with Crippen molar-refractivity contribution in [3.63, 3.8) is 0 Å². The van der Waals surface area contributed by atoms with Crippen molar-refractivity contribution in [2.24, 2.45) is 5.92 Å². The number of carbonyl (C=O) groups is 2. The summed E-state index contributed by atoms with van der Waals surface area (Å²) >= 11 is 0. The SMILES string of the molecule is O=C(N[C@@H](CO)Cc1ccccc1)[C@H]1CC(=O)N(c2n[nH]c3ccccc23)C1. The smallest absolute Gasteiger partial charge is 0.229 e. The summed E-state index contributed by atoms with van der Waals surface area (Å²) in [6.07, 6.45) is 0.675. The van der Waals surface area contributed by atoms with Crippen molar-refractivity contribution in [1.29, 1.82) is 0 Å². The molecule has 0 radical (unpaired) electrons. The maximum Gasteiger partial charge on any atom is 0.229 e. The zero-order valence-corrected chi connectivity index (χ0v) is 15.3. The van der Waals surface area contributed by atoms with Crippen LogP contribution in [0.3, 0.4) is 0 Å². The zero-order chi connectivity index (χ0) is 19.5. The van der Waals surface area contributed by atoms with Gasteiger partial charge in [0, 0.05) is 18.4 Å². The van der Waals surface area contributed by atoms with Crippen molar-refractivity contribution in [3.05, 3.63) is 60.2 Å². The van der Waals surface area contributed by atoms with Crippen LogP contribution in [0.15, 0.2) is 54.6 Å². The lowest BCUT2D eigenvalue weighted by molar-refractivity contribution is -0.127. The van der Waals surface area contributed by atoms with Crippen LogP contribution >= 0.6 is 0 Å². The predicted octanol–water partition coefficient (Wildman–Crippen LogP) is 1.64. The minimum absolute atomic E-state index is 0.124. The summed E-state index contributed by atoms with van der Waals surface area (Å²) in [5.74, 6) is -0.252. The zero-order valence-electron chi connectivity index (χ0n) is 15.3. The molecule has 0 aliphatic carbocycles. The molecule has 144 valence electrons. The monoisotopic (exact) mass is 378 g/mol. The van der Waals surface area contributed by atoms with Gasteiger partial charge in [0.05, 0.1) is 24.1 Å². The largest absolute Gasteiger partial charge is 0.394 e. The van der Waals surface area contributed by atoms with E-state index in [1.54, 1.807) is 4.90 Å². The molecular formula is C21H22N4O3. The van der Waals surface area contributed by atoms with E-state index >= 15 is 0 Å². The highest BCUT2D eigenvalue weighted by Gasteiger charge is 2.37. The van der Waals surface area contributed by atoms with E-state index in [9.17, 15) is 14.7 Å². The van der Waals surface area contributed by atoms with Crippen LogP contribution in [0.2, 0.25) is 0 Å². The van der Waals surface area contributed by atoms with Crippen molar-refractivity contribution >= 4 is 28.5 Å².